The van der Waals surface area contributed by atoms with Crippen LogP contribution in [-0.4, -0.2) is 5.05 Å². The largest absolute Gasteiger partial charge is 0.417 e. The molecule has 0 aliphatic carbocycles. The lowest BCUT2D eigenvalue weighted by molar-refractivity contribution is 0.678. The summed E-state index contributed by atoms with van der Waals surface area (Å²) in [7, 11) is 0. The van der Waals surface area contributed by atoms with Gasteiger partial charge in [0.05, 0.1) is 0 Å². The van der Waals surface area contributed by atoms with E-state index >= 15 is 0 Å². The molecule has 1 aromatic rings. The van der Waals surface area contributed by atoms with Crippen molar-refractivity contribution >= 4 is 30.2 Å². The summed E-state index contributed by atoms with van der Waals surface area (Å²) in [5.41, 5.74) is 0.882. The van der Waals surface area contributed by atoms with Gasteiger partial charge < -0.3 is 4.18 Å². The first-order chi connectivity index (χ1) is 4.84. The molecule has 52 valence electrons. The van der Waals surface area contributed by atoms with Gasteiger partial charge >= 0.3 is 0 Å². The second kappa shape index (κ2) is 3.58. The van der Waals surface area contributed by atoms with Crippen molar-refractivity contribution in [2.75, 3.05) is 0 Å². The van der Waals surface area contributed by atoms with Gasteiger partial charge in [0, 0.05) is 18.5 Å². The molecule has 0 aliphatic rings. The third-order valence-electron chi connectivity index (χ3n) is 1.09. The minimum absolute atomic E-state index is 0.406. The zero-order valence-corrected chi connectivity index (χ0v) is 6.86. The van der Waals surface area contributed by atoms with Gasteiger partial charge in [-0.1, -0.05) is 30.3 Å². The van der Waals surface area contributed by atoms with Crippen LogP contribution < -0.4 is 0 Å². The molecule has 0 radical (unpaired) electrons. The summed E-state index contributed by atoms with van der Waals surface area (Å²) >= 11 is 8.41. The van der Waals surface area contributed by atoms with E-state index in [-0.39, 0.29) is 0 Å². The summed E-state index contributed by atoms with van der Waals surface area (Å²) in [5, 5.41) is 0.406. The van der Waals surface area contributed by atoms with Crippen LogP contribution in [-0.2, 0) is 4.18 Å². The van der Waals surface area contributed by atoms with Crippen molar-refractivity contribution in [3.63, 3.8) is 0 Å². The van der Waals surface area contributed by atoms with Crippen LogP contribution in [0.3, 0.4) is 0 Å². The Morgan fingerprint density at radius 1 is 1.30 bits per heavy atom. The fourth-order valence-electron chi connectivity index (χ4n) is 0.627. The zero-order valence-electron chi connectivity index (χ0n) is 5.15. The van der Waals surface area contributed by atoms with Crippen molar-refractivity contribution < 1.29 is 4.18 Å². The smallest absolute Gasteiger partial charge is 0.207 e. The van der Waals surface area contributed by atoms with Gasteiger partial charge in [0.1, 0.15) is 0 Å². The lowest BCUT2D eigenvalue weighted by Crippen LogP contribution is -1.94. The number of hydrogen-bond acceptors (Lipinski definition) is 3. The fourth-order valence-corrected chi connectivity index (χ4v) is 0.868. The van der Waals surface area contributed by atoms with Crippen molar-refractivity contribution in [1.29, 1.82) is 0 Å². The highest BCUT2D eigenvalue weighted by atomic mass is 32.1. The van der Waals surface area contributed by atoms with Crippen LogP contribution in [0.2, 0.25) is 0 Å². The highest BCUT2D eigenvalue weighted by Gasteiger charge is 1.96. The molecule has 3 heteroatoms. The summed E-state index contributed by atoms with van der Waals surface area (Å²) in [6.07, 6.45) is 0. The Labute approximate surface area is 70.6 Å². The maximum absolute atomic E-state index is 4.82. The Hall–Kier alpha value is -0.540. The molecule has 0 aromatic heterocycles. The van der Waals surface area contributed by atoms with Crippen molar-refractivity contribution in [2.45, 2.75) is 0 Å². The molecule has 10 heavy (non-hydrogen) atoms. The molecule has 1 aromatic carbocycles. The maximum atomic E-state index is 4.82. The second-order valence-corrected chi connectivity index (χ2v) is 2.30. The first-order valence-electron chi connectivity index (χ1n) is 2.75. The third-order valence-corrected chi connectivity index (χ3v) is 1.72. The summed E-state index contributed by atoms with van der Waals surface area (Å²) in [6.45, 7) is 0. The van der Waals surface area contributed by atoms with E-state index in [0.717, 1.165) is 5.56 Å². The molecular formula is C7H6OS2. The molecular weight excluding hydrogens is 164 g/mol. The van der Waals surface area contributed by atoms with E-state index in [2.05, 4.69) is 17.1 Å². The minimum Gasteiger partial charge on any atom is -0.417 e. The van der Waals surface area contributed by atoms with Crippen molar-refractivity contribution in [2.24, 2.45) is 0 Å². The summed E-state index contributed by atoms with van der Waals surface area (Å²) in [5.74, 6) is 0. The summed E-state index contributed by atoms with van der Waals surface area (Å²) in [4.78, 5) is 0. The Kier molecular flexibility index (Phi) is 2.71. The number of rotatable bonds is 1. The van der Waals surface area contributed by atoms with Crippen LogP contribution in [0.1, 0.15) is 5.56 Å². The first-order valence-corrected chi connectivity index (χ1v) is 3.52. The Morgan fingerprint density at radius 3 is 2.40 bits per heavy atom. The van der Waals surface area contributed by atoms with E-state index in [1.807, 2.05) is 30.3 Å². The molecule has 0 unspecified atom stereocenters. The number of thiocarbonyl (C=S) groups is 1. The van der Waals surface area contributed by atoms with Crippen LogP contribution in [0.4, 0.5) is 0 Å². The fraction of sp³-hybridized carbons (Fsp3) is 0. The monoisotopic (exact) mass is 170 g/mol. The average Bonchev–Trinajstić information content (AvgIpc) is 2.05. The van der Waals surface area contributed by atoms with Gasteiger partial charge in [-0.25, -0.2) is 0 Å². The molecule has 0 saturated carbocycles. The lowest BCUT2D eigenvalue weighted by Gasteiger charge is -1.97. The van der Waals surface area contributed by atoms with Gasteiger partial charge in [0.25, 0.3) is 0 Å². The first kappa shape index (κ1) is 7.57. The average molecular weight is 170 g/mol. The van der Waals surface area contributed by atoms with Gasteiger partial charge in [-0.15, -0.1) is 0 Å². The van der Waals surface area contributed by atoms with Crippen molar-refractivity contribution in [3.8, 4) is 0 Å². The Bertz CT molecular complexity index is 220. The molecule has 0 N–H and O–H groups in total. The summed E-state index contributed by atoms with van der Waals surface area (Å²) < 4.78 is 4.56. The second-order valence-electron chi connectivity index (χ2n) is 1.74. The van der Waals surface area contributed by atoms with Gasteiger partial charge in [-0.3, -0.25) is 0 Å². The van der Waals surface area contributed by atoms with E-state index in [1.165, 1.54) is 0 Å². The minimum atomic E-state index is 0.406. The van der Waals surface area contributed by atoms with Gasteiger partial charge in [0.2, 0.25) is 5.05 Å². The lowest BCUT2D eigenvalue weighted by atomic mass is 10.2. The predicted octanol–water partition coefficient (Wildman–Crippen LogP) is 2.22. The highest BCUT2D eigenvalue weighted by Crippen LogP contribution is 2.02. The Morgan fingerprint density at radius 2 is 1.90 bits per heavy atom. The SMILES string of the molecule is S=C(OS)c1ccccc1. The molecule has 0 saturated heterocycles. The molecule has 1 rings (SSSR count). The molecule has 1 nitrogen and oxygen atoms in total. The quantitative estimate of drug-likeness (QED) is 0.393. The Balaban J connectivity index is 2.85. The molecule has 0 bridgehead atoms. The van der Waals surface area contributed by atoms with E-state index in [1.54, 1.807) is 0 Å². The number of benzene rings is 1. The van der Waals surface area contributed by atoms with Crippen LogP contribution in [0.5, 0.6) is 0 Å². The van der Waals surface area contributed by atoms with Crippen LogP contribution in [0.25, 0.3) is 0 Å². The van der Waals surface area contributed by atoms with E-state index in [9.17, 15) is 0 Å². The van der Waals surface area contributed by atoms with Gasteiger partial charge in [-0.05, 0) is 12.2 Å². The molecule has 0 aliphatic heterocycles. The van der Waals surface area contributed by atoms with E-state index in [0.29, 0.717) is 5.05 Å². The van der Waals surface area contributed by atoms with E-state index in [4.69, 9.17) is 12.2 Å². The molecule has 0 amide bonds. The van der Waals surface area contributed by atoms with Crippen molar-refractivity contribution in [3.05, 3.63) is 35.9 Å². The summed E-state index contributed by atoms with van der Waals surface area (Å²) in [6, 6.07) is 9.46. The third kappa shape index (κ3) is 1.72. The predicted molar refractivity (Wildman–Crippen MR) is 48.2 cm³/mol. The van der Waals surface area contributed by atoms with Gasteiger partial charge in [0.15, 0.2) is 0 Å². The molecule has 0 fully saturated rings. The number of thiol groups is 1. The van der Waals surface area contributed by atoms with Gasteiger partial charge in [-0.2, -0.15) is 0 Å². The van der Waals surface area contributed by atoms with Crippen LogP contribution in [0, 0.1) is 0 Å². The standard InChI is InChI=1S/C7H6OS2/c9-7(8-10)6-4-2-1-3-5-6/h1-5,10H. The molecule has 0 heterocycles. The maximum Gasteiger partial charge on any atom is 0.207 e. The number of hydrogen-bond donors (Lipinski definition) is 1. The highest BCUT2D eigenvalue weighted by molar-refractivity contribution is 7.82. The topological polar surface area (TPSA) is 9.23 Å². The van der Waals surface area contributed by atoms with Crippen LogP contribution in [0.15, 0.2) is 30.3 Å². The molecule has 0 atom stereocenters. The van der Waals surface area contributed by atoms with Crippen molar-refractivity contribution in [1.82, 2.24) is 0 Å². The van der Waals surface area contributed by atoms with Crippen LogP contribution >= 0.6 is 25.1 Å². The van der Waals surface area contributed by atoms with E-state index < -0.39 is 0 Å². The zero-order chi connectivity index (χ0) is 7.40. The molecule has 0 spiro atoms. The normalized spacial score (nSPS) is 8.90.